The van der Waals surface area contributed by atoms with E-state index in [9.17, 15) is 19.6 Å². The van der Waals surface area contributed by atoms with E-state index in [0.717, 1.165) is 38.5 Å². The predicted octanol–water partition coefficient (Wildman–Crippen LogP) is 6.31. The van der Waals surface area contributed by atoms with Gasteiger partial charge in [0.25, 0.3) is 0 Å². The van der Waals surface area contributed by atoms with Gasteiger partial charge in [-0.2, -0.15) is 5.26 Å². The molecule has 0 bridgehead atoms. The van der Waals surface area contributed by atoms with Crippen LogP contribution in [0.2, 0.25) is 0 Å². The molecule has 0 aromatic carbocycles. The van der Waals surface area contributed by atoms with Crippen molar-refractivity contribution in [2.24, 2.45) is 62.6 Å². The molecule has 5 heteroatoms. The summed E-state index contributed by atoms with van der Waals surface area (Å²) in [6.07, 6.45) is 8.06. The average molecular weight is 508 g/mol. The third kappa shape index (κ3) is 3.36. The number of nitriles is 1. The number of fused-ring (bicyclic) bond motifs is 7. The third-order valence-corrected chi connectivity index (χ3v) is 12.8. The van der Waals surface area contributed by atoms with Gasteiger partial charge in [0.2, 0.25) is 0 Å². The maximum atomic E-state index is 14.4. The van der Waals surface area contributed by atoms with Gasteiger partial charge in [-0.05, 0) is 83.9 Å². The maximum Gasteiger partial charge on any atom is 0.308 e. The van der Waals surface area contributed by atoms with Gasteiger partial charge < -0.3 is 4.74 Å². The Morgan fingerprint density at radius 3 is 2.22 bits per heavy atom. The molecule has 0 aromatic rings. The number of carbonyl (C=O) groups excluding carboxylic acids is 3. The van der Waals surface area contributed by atoms with Gasteiger partial charge in [0.05, 0.1) is 18.6 Å². The fourth-order valence-corrected chi connectivity index (χ4v) is 11.1. The van der Waals surface area contributed by atoms with Gasteiger partial charge in [0, 0.05) is 17.8 Å². The normalized spacial score (nSPS) is 47.8. The Kier molecular flexibility index (Phi) is 5.78. The summed E-state index contributed by atoms with van der Waals surface area (Å²) in [4.78, 5) is 40.5. The molecule has 0 heterocycles. The molecule has 3 unspecified atom stereocenters. The largest absolute Gasteiger partial charge is 0.469 e. The highest BCUT2D eigenvalue weighted by Crippen LogP contribution is 2.74. The van der Waals surface area contributed by atoms with E-state index in [1.165, 1.54) is 7.11 Å². The number of hydrogen-bond acceptors (Lipinski definition) is 5. The lowest BCUT2D eigenvalue weighted by atomic mass is 9.32. The number of methoxy groups -OCH3 is 1. The van der Waals surface area contributed by atoms with Gasteiger partial charge in [-0.1, -0.05) is 54.5 Å². The summed E-state index contributed by atoms with van der Waals surface area (Å²) >= 11 is 0. The van der Waals surface area contributed by atoms with Gasteiger partial charge in [-0.25, -0.2) is 0 Å². The Morgan fingerprint density at radius 2 is 1.59 bits per heavy atom. The van der Waals surface area contributed by atoms with Gasteiger partial charge in [0.15, 0.2) is 5.78 Å². The zero-order valence-electron chi connectivity index (χ0n) is 24.1. The van der Waals surface area contributed by atoms with Crippen LogP contribution in [0.4, 0.5) is 0 Å². The zero-order valence-corrected chi connectivity index (χ0v) is 24.1. The summed E-state index contributed by atoms with van der Waals surface area (Å²) in [5.41, 5.74) is -1.00. The minimum absolute atomic E-state index is 0.0157. The average Bonchev–Trinajstić information content (AvgIpc) is 2.81. The zero-order chi connectivity index (χ0) is 27.3. The van der Waals surface area contributed by atoms with Gasteiger partial charge >= 0.3 is 5.97 Å². The molecule has 0 aromatic heterocycles. The molecule has 37 heavy (non-hydrogen) atoms. The number of nitrogens with zero attached hydrogens (tertiary/aromatic N) is 1. The van der Waals surface area contributed by atoms with Crippen LogP contribution < -0.4 is 0 Å². The molecule has 0 spiro atoms. The highest BCUT2D eigenvalue weighted by atomic mass is 16.5. The summed E-state index contributed by atoms with van der Waals surface area (Å²) in [7, 11) is 1.49. The van der Waals surface area contributed by atoms with E-state index in [1.807, 2.05) is 19.9 Å². The molecule has 4 saturated carbocycles. The summed E-state index contributed by atoms with van der Waals surface area (Å²) in [5, 5.41) is 9.87. The van der Waals surface area contributed by atoms with Crippen LogP contribution in [-0.4, -0.2) is 24.6 Å². The van der Waals surface area contributed by atoms with Crippen molar-refractivity contribution >= 4 is 17.5 Å². The first-order chi connectivity index (χ1) is 17.1. The molecule has 0 aliphatic heterocycles. The minimum Gasteiger partial charge on any atom is -0.469 e. The lowest BCUT2D eigenvalue weighted by Gasteiger charge is -2.71. The van der Waals surface area contributed by atoms with E-state index in [1.54, 1.807) is 0 Å². The van der Waals surface area contributed by atoms with Crippen LogP contribution in [0, 0.1) is 73.9 Å². The topological polar surface area (TPSA) is 84.2 Å². The molecule has 0 radical (unpaired) electrons. The summed E-state index contributed by atoms with van der Waals surface area (Å²) in [6.45, 7) is 15.5. The van der Waals surface area contributed by atoms with Crippen molar-refractivity contribution in [3.05, 3.63) is 11.6 Å². The third-order valence-electron chi connectivity index (χ3n) is 12.8. The highest BCUT2D eigenvalue weighted by Gasteiger charge is 2.71. The molecule has 5 nitrogen and oxygen atoms in total. The van der Waals surface area contributed by atoms with Crippen LogP contribution in [0.15, 0.2) is 11.6 Å². The quantitative estimate of drug-likeness (QED) is 0.388. The lowest BCUT2D eigenvalue weighted by molar-refractivity contribution is -0.215. The van der Waals surface area contributed by atoms with Crippen molar-refractivity contribution in [2.75, 3.05) is 7.11 Å². The first-order valence-corrected chi connectivity index (χ1v) is 14.4. The number of ketones is 2. The van der Waals surface area contributed by atoms with E-state index in [2.05, 4.69) is 40.7 Å². The molecule has 9 atom stereocenters. The molecule has 5 aliphatic rings. The maximum absolute atomic E-state index is 14.4. The molecule has 5 aliphatic carbocycles. The molecular formula is C32H45NO4. The van der Waals surface area contributed by atoms with E-state index >= 15 is 0 Å². The number of ether oxygens (including phenoxy) is 1. The van der Waals surface area contributed by atoms with Gasteiger partial charge in [0.1, 0.15) is 11.9 Å². The van der Waals surface area contributed by atoms with Crippen molar-refractivity contribution in [2.45, 2.75) is 93.4 Å². The first-order valence-electron chi connectivity index (χ1n) is 14.4. The van der Waals surface area contributed by atoms with Crippen LogP contribution in [0.1, 0.15) is 93.4 Å². The lowest BCUT2D eigenvalue weighted by Crippen LogP contribution is -2.68. The standard InChI is InChI=1S/C32H45NO4/c1-28(2)15-20-19(21(16-28)27(36)37-8)9-11-32(7)25(20)22(34)13-24-30(5)14-18(17-33)26(35)29(3,4)23(30)10-12-31(24,32)6/h14,19-21,23-25H,9-13,15-16H2,1-8H3/t19?,20?,21-,23+,24-,25?,30+,31-,32-/m1/s1. The smallest absolute Gasteiger partial charge is 0.308 e. The molecule has 5 rings (SSSR count). The number of carbonyl (C=O) groups is 3. The minimum atomic E-state index is -0.616. The molecule has 0 amide bonds. The summed E-state index contributed by atoms with van der Waals surface area (Å²) in [5.74, 6) is 0.573. The van der Waals surface area contributed by atoms with Crippen molar-refractivity contribution in [1.29, 1.82) is 5.26 Å². The van der Waals surface area contributed by atoms with Crippen molar-refractivity contribution in [1.82, 2.24) is 0 Å². The van der Waals surface area contributed by atoms with Gasteiger partial charge in [-0.15, -0.1) is 0 Å². The van der Waals surface area contributed by atoms with Crippen molar-refractivity contribution < 1.29 is 19.1 Å². The number of Topliss-reactive ketones (excluding diaryl/α,β-unsaturated/α-hetero) is 2. The number of esters is 1. The Morgan fingerprint density at radius 1 is 0.946 bits per heavy atom. The fourth-order valence-electron chi connectivity index (χ4n) is 11.1. The van der Waals surface area contributed by atoms with Gasteiger partial charge in [-0.3, -0.25) is 14.4 Å². The van der Waals surface area contributed by atoms with Crippen molar-refractivity contribution in [3.8, 4) is 6.07 Å². The number of hydrogen-bond donors (Lipinski definition) is 0. The molecule has 202 valence electrons. The second kappa shape index (κ2) is 8.03. The highest BCUT2D eigenvalue weighted by molar-refractivity contribution is 6.04. The van der Waals surface area contributed by atoms with Crippen LogP contribution in [0.3, 0.4) is 0 Å². The Hall–Kier alpha value is -1.96. The second-order valence-corrected chi connectivity index (χ2v) is 15.3. The SMILES string of the molecule is COC(=O)[C@@H]1CC(C)(C)CC2C1CC[C@]1(C)C2C(=O)C[C@@H]2[C@@]3(C)C=C(C#N)C(=O)C(C)(C)[C@@H]3CC[C@]21C. The molecular weight excluding hydrogens is 462 g/mol. The molecule has 4 fully saturated rings. The van der Waals surface area contributed by atoms with Crippen LogP contribution in [0.25, 0.3) is 0 Å². The predicted molar refractivity (Wildman–Crippen MR) is 141 cm³/mol. The van der Waals surface area contributed by atoms with Crippen LogP contribution >= 0.6 is 0 Å². The Labute approximate surface area is 222 Å². The summed E-state index contributed by atoms with van der Waals surface area (Å²) in [6, 6.07) is 2.20. The van der Waals surface area contributed by atoms with E-state index in [-0.39, 0.29) is 74.5 Å². The Balaban J connectivity index is 1.60. The Bertz CT molecular complexity index is 1130. The fraction of sp³-hybridized carbons (Fsp3) is 0.812. The van der Waals surface area contributed by atoms with E-state index < -0.39 is 5.41 Å². The summed E-state index contributed by atoms with van der Waals surface area (Å²) < 4.78 is 5.26. The number of allylic oxidation sites excluding steroid dienone is 2. The number of rotatable bonds is 1. The monoisotopic (exact) mass is 507 g/mol. The van der Waals surface area contributed by atoms with Crippen LogP contribution in [0.5, 0.6) is 0 Å². The first kappa shape index (κ1) is 26.6. The van der Waals surface area contributed by atoms with E-state index in [4.69, 9.17) is 4.74 Å². The van der Waals surface area contributed by atoms with E-state index in [0.29, 0.717) is 12.2 Å². The second-order valence-electron chi connectivity index (χ2n) is 15.3. The van der Waals surface area contributed by atoms with Crippen LogP contribution in [-0.2, 0) is 19.1 Å². The molecule has 0 N–H and O–H groups in total. The van der Waals surface area contributed by atoms with Crippen molar-refractivity contribution in [3.63, 3.8) is 0 Å². The molecule has 0 saturated heterocycles.